The molecule has 0 bridgehead atoms. The topological polar surface area (TPSA) is 125 Å². The van der Waals surface area contributed by atoms with Gasteiger partial charge in [-0.1, -0.05) is 6.07 Å². The van der Waals surface area contributed by atoms with E-state index in [2.05, 4.69) is 10.3 Å². The number of pyridine rings is 1. The Bertz CT molecular complexity index is 736. The first kappa shape index (κ1) is 13.3. The van der Waals surface area contributed by atoms with Crippen LogP contribution in [0.1, 0.15) is 20.8 Å². The van der Waals surface area contributed by atoms with Crippen LogP contribution in [0.2, 0.25) is 0 Å². The summed E-state index contributed by atoms with van der Waals surface area (Å²) in [7, 11) is 0. The number of carboxylic acids is 1. The monoisotopic (exact) mass is 273 g/mol. The molecule has 0 atom stereocenters. The van der Waals surface area contributed by atoms with Crippen LogP contribution in [0.25, 0.3) is 0 Å². The van der Waals surface area contributed by atoms with Gasteiger partial charge in [0.05, 0.1) is 16.9 Å². The van der Waals surface area contributed by atoms with Gasteiger partial charge in [-0.25, -0.2) is 4.79 Å². The highest BCUT2D eigenvalue weighted by molar-refractivity contribution is 6.05. The first-order chi connectivity index (χ1) is 9.47. The molecule has 7 nitrogen and oxygen atoms in total. The second-order valence-electron chi connectivity index (χ2n) is 3.99. The van der Waals surface area contributed by atoms with Crippen LogP contribution < -0.4 is 16.6 Å². The largest absolute Gasteiger partial charge is 0.478 e. The molecule has 0 spiro atoms. The molecule has 0 fully saturated rings. The van der Waals surface area contributed by atoms with Crippen LogP contribution in [-0.4, -0.2) is 22.0 Å². The second kappa shape index (κ2) is 5.27. The molecule has 1 aromatic heterocycles. The average Bonchev–Trinajstić information content (AvgIpc) is 2.40. The Morgan fingerprint density at radius 2 is 1.95 bits per heavy atom. The molecule has 5 N–H and O–H groups in total. The summed E-state index contributed by atoms with van der Waals surface area (Å²) in [5.74, 6) is -1.65. The van der Waals surface area contributed by atoms with Crippen molar-refractivity contribution >= 4 is 23.3 Å². The fraction of sp³-hybridized carbons (Fsp3) is 0. The molecule has 102 valence electrons. The van der Waals surface area contributed by atoms with Crippen molar-refractivity contribution in [2.45, 2.75) is 0 Å². The van der Waals surface area contributed by atoms with E-state index in [1.165, 1.54) is 36.4 Å². The molecular formula is C13H11N3O4. The van der Waals surface area contributed by atoms with E-state index >= 15 is 0 Å². The van der Waals surface area contributed by atoms with E-state index in [1.807, 2.05) is 0 Å². The minimum Gasteiger partial charge on any atom is -0.478 e. The summed E-state index contributed by atoms with van der Waals surface area (Å²) in [4.78, 5) is 36.1. The number of amides is 1. The number of aromatic nitrogens is 1. The van der Waals surface area contributed by atoms with Gasteiger partial charge < -0.3 is 21.1 Å². The maximum absolute atomic E-state index is 11.9. The minimum absolute atomic E-state index is 0.0219. The highest BCUT2D eigenvalue weighted by atomic mass is 16.4. The summed E-state index contributed by atoms with van der Waals surface area (Å²) in [6.45, 7) is 0. The molecule has 20 heavy (non-hydrogen) atoms. The van der Waals surface area contributed by atoms with Crippen LogP contribution in [0.4, 0.5) is 11.4 Å². The number of benzene rings is 1. The van der Waals surface area contributed by atoms with Crippen LogP contribution in [0.5, 0.6) is 0 Å². The number of aromatic carboxylic acids is 1. The van der Waals surface area contributed by atoms with E-state index in [1.54, 1.807) is 0 Å². The van der Waals surface area contributed by atoms with Gasteiger partial charge in [-0.05, 0) is 24.3 Å². The van der Waals surface area contributed by atoms with Gasteiger partial charge >= 0.3 is 5.97 Å². The number of nitrogens with two attached hydrogens (primary N) is 1. The first-order valence-corrected chi connectivity index (χ1v) is 5.61. The molecule has 7 heteroatoms. The molecule has 0 unspecified atom stereocenters. The minimum atomic E-state index is -1.11. The Balaban J connectivity index is 2.24. The number of hydrogen-bond acceptors (Lipinski definition) is 4. The third kappa shape index (κ3) is 2.83. The van der Waals surface area contributed by atoms with Gasteiger partial charge in [-0.2, -0.15) is 0 Å². The molecule has 0 saturated carbocycles. The molecule has 0 aliphatic rings. The summed E-state index contributed by atoms with van der Waals surface area (Å²) in [5, 5.41) is 11.3. The molecule has 2 rings (SSSR count). The Hall–Kier alpha value is -3.09. The van der Waals surface area contributed by atoms with Crippen molar-refractivity contribution < 1.29 is 14.7 Å². The number of anilines is 2. The van der Waals surface area contributed by atoms with E-state index in [9.17, 15) is 14.4 Å². The quantitative estimate of drug-likeness (QED) is 0.618. The van der Waals surface area contributed by atoms with E-state index in [0.29, 0.717) is 0 Å². The summed E-state index contributed by atoms with van der Waals surface area (Å²) in [6.07, 6.45) is 0. The van der Waals surface area contributed by atoms with Crippen molar-refractivity contribution in [2.75, 3.05) is 11.1 Å². The van der Waals surface area contributed by atoms with E-state index in [-0.39, 0.29) is 22.6 Å². The SMILES string of the molecule is Nc1cc(C(=O)O)ccc1NC(=O)c1cccc(=O)[nH]1. The molecule has 1 amide bonds. The third-order valence-electron chi connectivity index (χ3n) is 2.56. The van der Waals surface area contributed by atoms with Crippen molar-refractivity contribution in [1.82, 2.24) is 4.98 Å². The summed E-state index contributed by atoms with van der Waals surface area (Å²) >= 11 is 0. The predicted molar refractivity (Wildman–Crippen MR) is 72.8 cm³/mol. The van der Waals surface area contributed by atoms with E-state index in [0.717, 1.165) is 0 Å². The fourth-order valence-corrected chi connectivity index (χ4v) is 1.58. The van der Waals surface area contributed by atoms with Gasteiger partial charge in [0.2, 0.25) is 5.56 Å². The van der Waals surface area contributed by atoms with Crippen LogP contribution in [0.3, 0.4) is 0 Å². The summed E-state index contributed by atoms with van der Waals surface area (Å²) in [5.41, 5.74) is 5.76. The summed E-state index contributed by atoms with van der Waals surface area (Å²) in [6, 6.07) is 8.13. The molecule has 0 radical (unpaired) electrons. The smallest absolute Gasteiger partial charge is 0.335 e. The third-order valence-corrected chi connectivity index (χ3v) is 2.56. The first-order valence-electron chi connectivity index (χ1n) is 5.61. The highest BCUT2D eigenvalue weighted by Crippen LogP contribution is 2.20. The van der Waals surface area contributed by atoms with Crippen LogP contribution >= 0.6 is 0 Å². The van der Waals surface area contributed by atoms with Crippen molar-refractivity contribution in [2.24, 2.45) is 0 Å². The lowest BCUT2D eigenvalue weighted by Gasteiger charge is -2.08. The Morgan fingerprint density at radius 3 is 2.55 bits per heavy atom. The van der Waals surface area contributed by atoms with Crippen molar-refractivity contribution in [3.05, 3.63) is 58.0 Å². The average molecular weight is 273 g/mol. The molecule has 0 aliphatic heterocycles. The number of carboxylic acid groups (broad SMARTS) is 1. The van der Waals surface area contributed by atoms with Gasteiger partial charge in [-0.3, -0.25) is 9.59 Å². The zero-order valence-corrected chi connectivity index (χ0v) is 10.2. The molecule has 0 saturated heterocycles. The van der Waals surface area contributed by atoms with E-state index < -0.39 is 17.4 Å². The molecule has 1 aromatic carbocycles. The van der Waals surface area contributed by atoms with Crippen LogP contribution in [0.15, 0.2) is 41.2 Å². The van der Waals surface area contributed by atoms with Crippen LogP contribution in [-0.2, 0) is 0 Å². The zero-order chi connectivity index (χ0) is 14.7. The maximum Gasteiger partial charge on any atom is 0.335 e. The standard InChI is InChI=1S/C13H11N3O4/c14-8-6-7(13(19)20)4-5-9(8)16-12(18)10-2-1-3-11(17)15-10/h1-6H,14H2,(H,15,17)(H,16,18)(H,19,20). The lowest BCUT2D eigenvalue weighted by molar-refractivity contribution is 0.0697. The molecule has 2 aromatic rings. The van der Waals surface area contributed by atoms with Gasteiger partial charge in [-0.15, -0.1) is 0 Å². The lowest BCUT2D eigenvalue weighted by Crippen LogP contribution is -2.18. The van der Waals surface area contributed by atoms with Gasteiger partial charge in [0.1, 0.15) is 5.69 Å². The normalized spacial score (nSPS) is 10.0. The Morgan fingerprint density at radius 1 is 1.20 bits per heavy atom. The number of carbonyl (C=O) groups excluding carboxylic acids is 1. The predicted octanol–water partition coefficient (Wildman–Crippen LogP) is 0.908. The lowest BCUT2D eigenvalue weighted by atomic mass is 10.1. The molecule has 1 heterocycles. The number of carbonyl (C=O) groups is 2. The number of rotatable bonds is 3. The van der Waals surface area contributed by atoms with Crippen LogP contribution in [0, 0.1) is 0 Å². The Labute approximate surface area is 113 Å². The van der Waals surface area contributed by atoms with E-state index in [4.69, 9.17) is 10.8 Å². The zero-order valence-electron chi connectivity index (χ0n) is 10.2. The number of nitrogens with one attached hydrogen (secondary N) is 2. The Kier molecular flexibility index (Phi) is 3.52. The number of H-pyrrole nitrogens is 1. The van der Waals surface area contributed by atoms with Crippen molar-refractivity contribution in [1.29, 1.82) is 0 Å². The van der Waals surface area contributed by atoms with Crippen molar-refractivity contribution in [3.63, 3.8) is 0 Å². The number of nitrogen functional groups attached to an aromatic ring is 1. The fourth-order valence-electron chi connectivity index (χ4n) is 1.58. The number of hydrogen-bond donors (Lipinski definition) is 4. The molecule has 0 aliphatic carbocycles. The summed E-state index contributed by atoms with van der Waals surface area (Å²) < 4.78 is 0. The van der Waals surface area contributed by atoms with Gasteiger partial charge in [0.15, 0.2) is 0 Å². The maximum atomic E-state index is 11.9. The number of aromatic amines is 1. The van der Waals surface area contributed by atoms with Gasteiger partial charge in [0, 0.05) is 6.07 Å². The highest BCUT2D eigenvalue weighted by Gasteiger charge is 2.11. The second-order valence-corrected chi connectivity index (χ2v) is 3.99. The van der Waals surface area contributed by atoms with Gasteiger partial charge in [0.25, 0.3) is 5.91 Å². The molecular weight excluding hydrogens is 262 g/mol. The van der Waals surface area contributed by atoms with Crippen molar-refractivity contribution in [3.8, 4) is 0 Å².